The van der Waals surface area contributed by atoms with Crippen LogP contribution in [0.3, 0.4) is 0 Å². The summed E-state index contributed by atoms with van der Waals surface area (Å²) in [6, 6.07) is 19.1. The molecule has 0 saturated carbocycles. The topological polar surface area (TPSA) is 108 Å². The number of nitrogens with one attached hydrogen (secondary N) is 1. The number of ether oxygens (including phenoxy) is 1. The van der Waals surface area contributed by atoms with Crippen molar-refractivity contribution in [2.45, 2.75) is 38.4 Å². The first-order chi connectivity index (χ1) is 13.4. The smallest absolute Gasteiger partial charge is 0.407 e. The summed E-state index contributed by atoms with van der Waals surface area (Å²) in [5.74, 6) is 0. The largest absolute Gasteiger partial charge is 0.445 e. The van der Waals surface area contributed by atoms with Crippen LogP contribution in [0.5, 0.6) is 0 Å². The normalized spacial score (nSPS) is 12.3. The molecular weight excluding hydrogens is 380 g/mol. The van der Waals surface area contributed by atoms with E-state index in [1.807, 2.05) is 60.7 Å². The summed E-state index contributed by atoms with van der Waals surface area (Å²) >= 11 is 0. The molecular formula is C20H26N2O5S. The predicted octanol–water partition coefficient (Wildman–Crippen LogP) is 2.91. The fraction of sp³-hybridized carbons (Fsp3) is 0.350. The maximum absolute atomic E-state index is 11.7. The highest BCUT2D eigenvalue weighted by molar-refractivity contribution is 7.84. The standard InChI is InChI=1S/C20H26N2O5S/c21-28(24,25)27-19(14-13-17-8-3-1-4-9-17)12-7-15-22-20(23)26-16-18-10-5-2-6-11-18/h1-6,8-11,19H,7,12-16H2,(H,22,23)(H2,21,24,25). The lowest BCUT2D eigenvalue weighted by molar-refractivity contribution is 0.138. The number of alkyl carbamates (subject to hydrolysis) is 1. The molecule has 1 unspecified atom stereocenters. The Morgan fingerprint density at radius 2 is 1.57 bits per heavy atom. The summed E-state index contributed by atoms with van der Waals surface area (Å²) < 4.78 is 32.7. The van der Waals surface area contributed by atoms with Crippen LogP contribution in [0.25, 0.3) is 0 Å². The zero-order valence-corrected chi connectivity index (χ0v) is 16.4. The molecule has 2 rings (SSSR count). The van der Waals surface area contributed by atoms with Gasteiger partial charge in [0.2, 0.25) is 0 Å². The van der Waals surface area contributed by atoms with E-state index in [2.05, 4.69) is 5.32 Å². The number of nitrogens with two attached hydrogens (primary N) is 1. The molecule has 0 aliphatic heterocycles. The molecule has 0 saturated heterocycles. The van der Waals surface area contributed by atoms with Crippen molar-refractivity contribution in [3.05, 3.63) is 71.8 Å². The van der Waals surface area contributed by atoms with E-state index in [4.69, 9.17) is 14.1 Å². The molecule has 8 heteroatoms. The lowest BCUT2D eigenvalue weighted by Gasteiger charge is -2.16. The van der Waals surface area contributed by atoms with Gasteiger partial charge in [-0.15, -0.1) is 0 Å². The second-order valence-electron chi connectivity index (χ2n) is 6.37. The van der Waals surface area contributed by atoms with Gasteiger partial charge in [0.15, 0.2) is 0 Å². The Hall–Kier alpha value is -2.42. The highest BCUT2D eigenvalue weighted by atomic mass is 32.2. The first-order valence-corrected chi connectivity index (χ1v) is 10.6. The SMILES string of the molecule is NS(=O)(=O)OC(CCCNC(=O)OCc1ccccc1)CCc1ccccc1. The second kappa shape index (κ2) is 11.4. The summed E-state index contributed by atoms with van der Waals surface area (Å²) in [6.45, 7) is 0.546. The maximum atomic E-state index is 11.7. The fourth-order valence-electron chi connectivity index (χ4n) is 2.70. The Morgan fingerprint density at radius 3 is 2.18 bits per heavy atom. The monoisotopic (exact) mass is 406 g/mol. The van der Waals surface area contributed by atoms with E-state index in [0.717, 1.165) is 11.1 Å². The zero-order chi connectivity index (χ0) is 20.2. The second-order valence-corrected chi connectivity index (χ2v) is 7.54. The van der Waals surface area contributed by atoms with Gasteiger partial charge in [-0.2, -0.15) is 8.42 Å². The van der Waals surface area contributed by atoms with Crippen molar-refractivity contribution < 1.29 is 22.1 Å². The number of benzene rings is 2. The highest BCUT2D eigenvalue weighted by Crippen LogP contribution is 2.13. The molecule has 0 heterocycles. The molecule has 28 heavy (non-hydrogen) atoms. The molecule has 0 aliphatic carbocycles. The zero-order valence-electron chi connectivity index (χ0n) is 15.6. The number of carbonyl (C=O) groups excluding carboxylic acids is 1. The first-order valence-electron chi connectivity index (χ1n) is 9.12. The van der Waals surface area contributed by atoms with Gasteiger partial charge in [-0.05, 0) is 36.8 Å². The van der Waals surface area contributed by atoms with Gasteiger partial charge in [-0.1, -0.05) is 60.7 Å². The van der Waals surface area contributed by atoms with Crippen molar-refractivity contribution >= 4 is 16.4 Å². The van der Waals surface area contributed by atoms with Crippen LogP contribution in [0.4, 0.5) is 4.79 Å². The lowest BCUT2D eigenvalue weighted by Crippen LogP contribution is -2.28. The minimum absolute atomic E-state index is 0.195. The molecule has 7 nitrogen and oxygen atoms in total. The molecule has 1 amide bonds. The molecule has 0 radical (unpaired) electrons. The summed E-state index contributed by atoms with van der Waals surface area (Å²) in [6.07, 6.45) is 1.11. The molecule has 3 N–H and O–H groups in total. The van der Waals surface area contributed by atoms with Crippen LogP contribution < -0.4 is 10.5 Å². The van der Waals surface area contributed by atoms with Crippen molar-refractivity contribution in [3.8, 4) is 0 Å². The average molecular weight is 407 g/mol. The fourth-order valence-corrected chi connectivity index (χ4v) is 3.27. The minimum Gasteiger partial charge on any atom is -0.445 e. The van der Waals surface area contributed by atoms with Gasteiger partial charge in [-0.3, -0.25) is 4.18 Å². The van der Waals surface area contributed by atoms with Crippen LogP contribution in [-0.2, 0) is 32.3 Å². The predicted molar refractivity (Wildman–Crippen MR) is 107 cm³/mol. The summed E-state index contributed by atoms with van der Waals surface area (Å²) in [5, 5.41) is 7.66. The van der Waals surface area contributed by atoms with Gasteiger partial charge in [-0.25, -0.2) is 9.93 Å². The Morgan fingerprint density at radius 1 is 0.964 bits per heavy atom. The number of aryl methyl sites for hydroxylation is 1. The van der Waals surface area contributed by atoms with Crippen molar-refractivity contribution in [2.75, 3.05) is 6.54 Å². The maximum Gasteiger partial charge on any atom is 0.407 e. The Bertz CT molecular complexity index is 813. The molecule has 0 aromatic heterocycles. The van der Waals surface area contributed by atoms with Crippen molar-refractivity contribution in [3.63, 3.8) is 0 Å². The van der Waals surface area contributed by atoms with Gasteiger partial charge in [0, 0.05) is 6.54 Å². The number of rotatable bonds is 11. The molecule has 0 fully saturated rings. The van der Waals surface area contributed by atoms with E-state index in [1.54, 1.807) is 0 Å². The van der Waals surface area contributed by atoms with Crippen LogP contribution >= 0.6 is 0 Å². The molecule has 1 atom stereocenters. The molecule has 0 spiro atoms. The summed E-state index contributed by atoms with van der Waals surface area (Å²) in [4.78, 5) is 11.7. The Balaban J connectivity index is 1.70. The third-order valence-corrected chi connectivity index (χ3v) is 4.59. The number of hydrogen-bond acceptors (Lipinski definition) is 5. The summed E-state index contributed by atoms with van der Waals surface area (Å²) in [7, 11) is -4.03. The Kier molecular flexibility index (Phi) is 8.93. The van der Waals surface area contributed by atoms with Crippen molar-refractivity contribution in [2.24, 2.45) is 5.14 Å². The van der Waals surface area contributed by atoms with Crippen molar-refractivity contribution in [1.29, 1.82) is 0 Å². The van der Waals surface area contributed by atoms with E-state index in [-0.39, 0.29) is 6.61 Å². The average Bonchev–Trinajstić information content (AvgIpc) is 2.68. The quantitative estimate of drug-likeness (QED) is 0.558. The van der Waals surface area contributed by atoms with Crippen LogP contribution in [0, 0.1) is 0 Å². The Labute approximate surface area is 166 Å². The molecule has 152 valence electrons. The van der Waals surface area contributed by atoms with Gasteiger partial charge in [0.1, 0.15) is 6.61 Å². The molecule has 2 aromatic rings. The van der Waals surface area contributed by atoms with E-state index in [9.17, 15) is 13.2 Å². The lowest BCUT2D eigenvalue weighted by atomic mass is 10.0. The van der Waals surface area contributed by atoms with Crippen LogP contribution in [0.2, 0.25) is 0 Å². The van der Waals surface area contributed by atoms with Crippen molar-refractivity contribution in [1.82, 2.24) is 5.32 Å². The third-order valence-electron chi connectivity index (χ3n) is 4.05. The van der Waals surface area contributed by atoms with Crippen LogP contribution in [0.15, 0.2) is 60.7 Å². The molecule has 2 aromatic carbocycles. The van der Waals surface area contributed by atoms with E-state index < -0.39 is 22.5 Å². The molecule has 0 aliphatic rings. The minimum atomic E-state index is -4.03. The van der Waals surface area contributed by atoms with Gasteiger partial charge >= 0.3 is 16.4 Å². The summed E-state index contributed by atoms with van der Waals surface area (Å²) in [5.41, 5.74) is 1.99. The van der Waals surface area contributed by atoms with E-state index in [1.165, 1.54) is 0 Å². The number of amides is 1. The van der Waals surface area contributed by atoms with Gasteiger partial charge in [0.05, 0.1) is 6.10 Å². The van der Waals surface area contributed by atoms with Crippen LogP contribution in [0.1, 0.15) is 30.4 Å². The van der Waals surface area contributed by atoms with E-state index >= 15 is 0 Å². The van der Waals surface area contributed by atoms with E-state index in [0.29, 0.717) is 32.2 Å². The number of hydrogen-bond donors (Lipinski definition) is 2. The third kappa shape index (κ3) is 9.50. The highest BCUT2D eigenvalue weighted by Gasteiger charge is 2.16. The first kappa shape index (κ1) is 21.9. The molecule has 0 bridgehead atoms. The van der Waals surface area contributed by atoms with Gasteiger partial charge < -0.3 is 10.1 Å². The van der Waals surface area contributed by atoms with Crippen LogP contribution in [-0.4, -0.2) is 27.2 Å². The number of carbonyl (C=O) groups is 1. The van der Waals surface area contributed by atoms with Gasteiger partial charge in [0.25, 0.3) is 0 Å².